The van der Waals surface area contributed by atoms with Gasteiger partial charge in [-0.2, -0.15) is 0 Å². The van der Waals surface area contributed by atoms with E-state index >= 15 is 0 Å². The van der Waals surface area contributed by atoms with Crippen molar-refractivity contribution in [3.63, 3.8) is 0 Å². The molecule has 0 fully saturated rings. The fourth-order valence-electron chi connectivity index (χ4n) is 2.74. The van der Waals surface area contributed by atoms with Crippen LogP contribution in [0.3, 0.4) is 0 Å². The van der Waals surface area contributed by atoms with Gasteiger partial charge in [-0.3, -0.25) is 14.8 Å². The van der Waals surface area contributed by atoms with Crippen LogP contribution in [0, 0.1) is 0 Å². The summed E-state index contributed by atoms with van der Waals surface area (Å²) in [5.41, 5.74) is 3.09. The zero-order valence-corrected chi connectivity index (χ0v) is 18.0. The molecule has 1 aliphatic rings. The third kappa shape index (κ3) is 8.37. The second-order valence-electron chi connectivity index (χ2n) is 6.41. The quantitative estimate of drug-likeness (QED) is 0.531. The Morgan fingerprint density at radius 3 is 1.67 bits per heavy atom. The van der Waals surface area contributed by atoms with Gasteiger partial charge in [-0.05, 0) is 36.1 Å². The van der Waals surface area contributed by atoms with Crippen molar-refractivity contribution in [2.24, 2.45) is 9.98 Å². The molecule has 2 aromatic rings. The van der Waals surface area contributed by atoms with E-state index in [1.807, 2.05) is 36.4 Å². The van der Waals surface area contributed by atoms with Gasteiger partial charge in [0.25, 0.3) is 5.97 Å². The maximum absolute atomic E-state index is 10.3. The van der Waals surface area contributed by atoms with Crippen LogP contribution in [0.5, 0.6) is 11.5 Å². The van der Waals surface area contributed by atoms with Gasteiger partial charge in [-0.25, -0.2) is 0 Å². The summed E-state index contributed by atoms with van der Waals surface area (Å²) in [6.07, 6.45) is 4.60. The number of para-hydroxylation sites is 2. The molecule has 0 atom stereocenters. The van der Waals surface area contributed by atoms with Crippen LogP contribution < -0.4 is 0 Å². The van der Waals surface area contributed by atoms with Gasteiger partial charge in [-0.1, -0.05) is 24.3 Å². The van der Waals surface area contributed by atoms with E-state index in [0.717, 1.165) is 18.1 Å². The van der Waals surface area contributed by atoms with E-state index in [9.17, 15) is 10.2 Å². The van der Waals surface area contributed by atoms with Crippen molar-refractivity contribution in [3.8, 4) is 11.5 Å². The summed E-state index contributed by atoms with van der Waals surface area (Å²) >= 11 is 0. The molecule has 8 heteroatoms. The van der Waals surface area contributed by atoms with Crippen molar-refractivity contribution in [1.82, 2.24) is 0 Å². The first-order chi connectivity index (χ1) is 14.0. The average molecular weight is 453 g/mol. The maximum Gasteiger partial charge on any atom is 0.300 e. The van der Waals surface area contributed by atoms with Crippen molar-refractivity contribution in [2.75, 3.05) is 26.3 Å². The van der Waals surface area contributed by atoms with E-state index in [4.69, 9.17) is 14.6 Å². The molecule has 3 N–H and O–H groups in total. The number of aromatic hydroxyl groups is 2. The van der Waals surface area contributed by atoms with Crippen LogP contribution in [0.15, 0.2) is 46.4 Å². The summed E-state index contributed by atoms with van der Waals surface area (Å²) in [7, 11) is 0. The van der Waals surface area contributed by atoms with E-state index in [0.29, 0.717) is 50.3 Å². The van der Waals surface area contributed by atoms with Crippen molar-refractivity contribution in [3.05, 3.63) is 58.7 Å². The minimum absolute atomic E-state index is 0. The predicted molar refractivity (Wildman–Crippen MR) is 113 cm³/mol. The summed E-state index contributed by atoms with van der Waals surface area (Å²) in [5.74, 6) is -0.320. The molecule has 0 saturated carbocycles. The standard InChI is InChI=1S/C20H22N2O3.C2H4O2.Mn/c23-19-15-3-1-5-17(19)13-21-9-10-22-14-18-6-2-4-16(20(18)24)8-12-25-11-7-15;1-2(3)4;/h1-6,13-14,23-24H,7-12H2;1H3,(H,3,4);. The molecule has 0 spiro atoms. The van der Waals surface area contributed by atoms with E-state index in [-0.39, 0.29) is 28.6 Å². The van der Waals surface area contributed by atoms with Crippen molar-refractivity contribution >= 4 is 18.4 Å². The smallest absolute Gasteiger partial charge is 0.300 e. The minimum atomic E-state index is -0.833. The Hall–Kier alpha value is -2.67. The molecular weight excluding hydrogens is 427 g/mol. The van der Waals surface area contributed by atoms with Gasteiger partial charge in [0.05, 0.1) is 26.3 Å². The number of nitrogens with zero attached hydrogens (tertiary/aromatic N) is 2. The van der Waals surface area contributed by atoms with E-state index < -0.39 is 5.97 Å². The zero-order valence-electron chi connectivity index (χ0n) is 16.8. The van der Waals surface area contributed by atoms with Crippen molar-refractivity contribution < 1.29 is 41.9 Å². The summed E-state index contributed by atoms with van der Waals surface area (Å²) < 4.78 is 5.67. The molecule has 0 unspecified atom stereocenters. The van der Waals surface area contributed by atoms with Crippen LogP contribution in [0.4, 0.5) is 0 Å². The van der Waals surface area contributed by atoms with Crippen molar-refractivity contribution in [1.29, 1.82) is 0 Å². The maximum atomic E-state index is 10.3. The number of fused-ring (bicyclic) bond motifs is 4. The van der Waals surface area contributed by atoms with Crippen molar-refractivity contribution in [2.45, 2.75) is 19.8 Å². The number of ether oxygens (including phenoxy) is 1. The SMILES string of the molecule is CC(=O)O.Oc1c2cccc1CCOCCc1cccc(c1O)C=NCCN=C2.[Mn]. The largest absolute Gasteiger partial charge is 0.507 e. The first kappa shape index (κ1) is 25.4. The second kappa shape index (κ2) is 13.5. The first-order valence-electron chi connectivity index (χ1n) is 9.37. The van der Waals surface area contributed by atoms with Gasteiger partial charge in [0, 0.05) is 47.5 Å². The van der Waals surface area contributed by atoms with Crippen LogP contribution in [0.1, 0.15) is 29.2 Å². The van der Waals surface area contributed by atoms with Gasteiger partial charge < -0.3 is 20.1 Å². The number of rotatable bonds is 0. The molecule has 1 heterocycles. The van der Waals surface area contributed by atoms with Gasteiger partial charge in [0.15, 0.2) is 0 Å². The fourth-order valence-corrected chi connectivity index (χ4v) is 2.74. The summed E-state index contributed by atoms with van der Waals surface area (Å²) in [4.78, 5) is 17.6. The van der Waals surface area contributed by atoms with Gasteiger partial charge in [0.2, 0.25) is 0 Å². The topological polar surface area (TPSA) is 112 Å². The van der Waals surface area contributed by atoms with E-state index in [2.05, 4.69) is 9.98 Å². The van der Waals surface area contributed by atoms with Gasteiger partial charge in [-0.15, -0.1) is 0 Å². The molecule has 4 bridgehead atoms. The molecule has 1 aliphatic heterocycles. The third-order valence-electron chi connectivity index (χ3n) is 4.15. The van der Waals surface area contributed by atoms with Crippen LogP contribution >= 0.6 is 0 Å². The molecule has 161 valence electrons. The number of carboxylic acids is 1. The summed E-state index contributed by atoms with van der Waals surface area (Å²) in [6.45, 7) is 3.14. The molecular formula is C22H26MnN2O5. The Morgan fingerprint density at radius 1 is 0.867 bits per heavy atom. The average Bonchev–Trinajstić information content (AvgIpc) is 2.67. The summed E-state index contributed by atoms with van der Waals surface area (Å²) in [6, 6.07) is 11.3. The Kier molecular flexibility index (Phi) is 11.4. The van der Waals surface area contributed by atoms with Crippen LogP contribution in [-0.2, 0) is 39.4 Å². The third-order valence-corrected chi connectivity index (χ3v) is 4.15. The molecule has 7 nitrogen and oxygen atoms in total. The number of phenols is 2. The predicted octanol–water partition coefficient (Wildman–Crippen LogP) is 2.84. The minimum Gasteiger partial charge on any atom is -0.507 e. The van der Waals surface area contributed by atoms with Crippen LogP contribution in [0.25, 0.3) is 0 Å². The van der Waals surface area contributed by atoms with Crippen LogP contribution in [0.2, 0.25) is 0 Å². The number of benzene rings is 2. The number of carboxylic acid groups (broad SMARTS) is 1. The molecule has 2 aromatic carbocycles. The Labute approximate surface area is 186 Å². The molecule has 0 saturated heterocycles. The molecule has 3 rings (SSSR count). The summed E-state index contributed by atoms with van der Waals surface area (Å²) in [5, 5.41) is 28.1. The number of aliphatic carboxylic acids is 1. The second-order valence-corrected chi connectivity index (χ2v) is 6.41. The normalized spacial score (nSPS) is 13.9. The number of hydrogen-bond acceptors (Lipinski definition) is 6. The monoisotopic (exact) mass is 453 g/mol. The van der Waals surface area contributed by atoms with Gasteiger partial charge in [0.1, 0.15) is 11.5 Å². The number of aliphatic imine (C=N–C) groups is 2. The van der Waals surface area contributed by atoms with E-state index in [1.54, 1.807) is 12.4 Å². The molecule has 0 aliphatic carbocycles. The first-order valence-corrected chi connectivity index (χ1v) is 9.37. The Balaban J connectivity index is 0.000000827. The van der Waals surface area contributed by atoms with E-state index in [1.165, 1.54) is 0 Å². The Morgan fingerprint density at radius 2 is 1.27 bits per heavy atom. The molecule has 0 aromatic heterocycles. The molecule has 30 heavy (non-hydrogen) atoms. The molecule has 0 amide bonds. The van der Waals surface area contributed by atoms with Gasteiger partial charge >= 0.3 is 0 Å². The Bertz CT molecular complexity index is 814. The number of carbonyl (C=O) groups is 1. The number of hydrogen-bond donors (Lipinski definition) is 3. The van der Waals surface area contributed by atoms with Crippen LogP contribution in [-0.4, -0.2) is 60.0 Å². The molecule has 1 radical (unpaired) electrons. The number of phenolic OH excluding ortho intramolecular Hbond substituents is 2. The zero-order chi connectivity index (χ0) is 21.1. The fraction of sp³-hybridized carbons (Fsp3) is 0.318.